The van der Waals surface area contributed by atoms with Gasteiger partial charge in [0, 0.05) is 13.1 Å². The summed E-state index contributed by atoms with van der Waals surface area (Å²) in [5.74, 6) is 0. The molecule has 23 heavy (non-hydrogen) atoms. The van der Waals surface area contributed by atoms with Crippen molar-refractivity contribution < 1.29 is 0 Å². The summed E-state index contributed by atoms with van der Waals surface area (Å²) in [4.78, 5) is 0. The Kier molecular flexibility index (Phi) is 8.07. The molecule has 0 spiro atoms. The van der Waals surface area contributed by atoms with E-state index in [1.807, 2.05) is 24.3 Å². The molecule has 1 rings (SSSR count). The second-order valence-electron chi connectivity index (χ2n) is 6.40. The SMILES string of the molecule is C=C/C=c1/cccc/c1=C/CNC/C=C\C(=C/C=C)C(C)(C)C. The third-order valence-corrected chi connectivity index (χ3v) is 3.48. The molecule has 0 heterocycles. The van der Waals surface area contributed by atoms with Crippen molar-refractivity contribution in [2.24, 2.45) is 5.41 Å². The molecule has 1 heteroatoms. The Morgan fingerprint density at radius 2 is 1.74 bits per heavy atom. The van der Waals surface area contributed by atoms with Crippen LogP contribution in [0.2, 0.25) is 0 Å². The summed E-state index contributed by atoms with van der Waals surface area (Å²) in [7, 11) is 0. The van der Waals surface area contributed by atoms with Crippen LogP contribution in [0.4, 0.5) is 0 Å². The van der Waals surface area contributed by atoms with E-state index in [0.717, 1.165) is 13.1 Å². The maximum Gasteiger partial charge on any atom is 0.0146 e. The summed E-state index contributed by atoms with van der Waals surface area (Å²) in [6, 6.07) is 8.32. The fraction of sp³-hybridized carbons (Fsp3) is 0.273. The Hall–Kier alpha value is -2.12. The Morgan fingerprint density at radius 3 is 2.35 bits per heavy atom. The average Bonchev–Trinajstić information content (AvgIpc) is 2.50. The number of benzene rings is 1. The molecule has 0 aliphatic rings. The van der Waals surface area contributed by atoms with Crippen LogP contribution in [0.1, 0.15) is 20.8 Å². The van der Waals surface area contributed by atoms with Crippen molar-refractivity contribution in [2.75, 3.05) is 13.1 Å². The van der Waals surface area contributed by atoms with Crippen molar-refractivity contribution >= 4 is 12.2 Å². The zero-order chi connectivity index (χ0) is 17.1. The van der Waals surface area contributed by atoms with E-state index >= 15 is 0 Å². The van der Waals surface area contributed by atoms with Crippen molar-refractivity contribution in [3.8, 4) is 0 Å². The first-order valence-corrected chi connectivity index (χ1v) is 8.07. The van der Waals surface area contributed by atoms with Crippen LogP contribution < -0.4 is 15.8 Å². The molecule has 0 fully saturated rings. The number of rotatable bonds is 7. The molecule has 0 aliphatic heterocycles. The summed E-state index contributed by atoms with van der Waals surface area (Å²) in [5, 5.41) is 5.84. The molecule has 0 aliphatic carbocycles. The maximum absolute atomic E-state index is 3.79. The molecule has 0 bridgehead atoms. The predicted octanol–water partition coefficient (Wildman–Crippen LogP) is 3.74. The summed E-state index contributed by atoms with van der Waals surface area (Å²) in [6.45, 7) is 15.9. The van der Waals surface area contributed by atoms with Gasteiger partial charge in [-0.3, -0.25) is 0 Å². The Balaban J connectivity index is 2.62. The Bertz CT molecular complexity index is 681. The molecule has 0 amide bonds. The quantitative estimate of drug-likeness (QED) is 0.598. The molecular weight excluding hydrogens is 278 g/mol. The van der Waals surface area contributed by atoms with Gasteiger partial charge in [0.15, 0.2) is 0 Å². The van der Waals surface area contributed by atoms with E-state index in [-0.39, 0.29) is 5.41 Å². The highest BCUT2D eigenvalue weighted by Crippen LogP contribution is 2.25. The first-order valence-electron chi connectivity index (χ1n) is 8.07. The minimum atomic E-state index is 0.135. The van der Waals surface area contributed by atoms with Crippen LogP contribution >= 0.6 is 0 Å². The van der Waals surface area contributed by atoms with Crippen LogP contribution in [-0.4, -0.2) is 13.1 Å². The van der Waals surface area contributed by atoms with Gasteiger partial charge in [-0.1, -0.05) is 101 Å². The van der Waals surface area contributed by atoms with Crippen LogP contribution in [0.15, 0.2) is 73.4 Å². The Labute approximate surface area is 141 Å². The van der Waals surface area contributed by atoms with E-state index in [2.05, 4.69) is 81.7 Å². The highest BCUT2D eigenvalue weighted by Gasteiger charge is 2.13. The van der Waals surface area contributed by atoms with Crippen LogP contribution in [0.5, 0.6) is 0 Å². The number of hydrogen-bond donors (Lipinski definition) is 1. The van der Waals surface area contributed by atoms with Crippen LogP contribution in [0.25, 0.3) is 12.2 Å². The molecule has 0 unspecified atom stereocenters. The largest absolute Gasteiger partial charge is 0.310 e. The second kappa shape index (κ2) is 9.81. The Morgan fingerprint density at radius 1 is 1.04 bits per heavy atom. The van der Waals surface area contributed by atoms with Gasteiger partial charge >= 0.3 is 0 Å². The molecule has 0 aromatic heterocycles. The van der Waals surface area contributed by atoms with Crippen molar-refractivity contribution in [3.05, 3.63) is 83.8 Å². The molecule has 0 saturated carbocycles. The lowest BCUT2D eigenvalue weighted by atomic mass is 9.86. The zero-order valence-electron chi connectivity index (χ0n) is 14.7. The van der Waals surface area contributed by atoms with Gasteiger partial charge in [-0.2, -0.15) is 0 Å². The molecule has 1 N–H and O–H groups in total. The third kappa shape index (κ3) is 7.12. The van der Waals surface area contributed by atoms with Gasteiger partial charge in [-0.25, -0.2) is 0 Å². The van der Waals surface area contributed by atoms with E-state index in [4.69, 9.17) is 0 Å². The molecule has 1 nitrogen and oxygen atoms in total. The van der Waals surface area contributed by atoms with E-state index < -0.39 is 0 Å². The average molecular weight is 307 g/mol. The normalized spacial score (nSPS) is 14.5. The summed E-state index contributed by atoms with van der Waals surface area (Å²) in [6.07, 6.45) is 14.3. The van der Waals surface area contributed by atoms with Crippen molar-refractivity contribution in [1.82, 2.24) is 5.32 Å². The lowest BCUT2D eigenvalue weighted by Gasteiger charge is -2.19. The first-order chi connectivity index (χ1) is 11.0. The van der Waals surface area contributed by atoms with Gasteiger partial charge < -0.3 is 5.32 Å². The van der Waals surface area contributed by atoms with Crippen LogP contribution in [-0.2, 0) is 0 Å². The fourth-order valence-electron chi connectivity index (χ4n) is 2.19. The number of nitrogens with one attached hydrogen (secondary N) is 1. The predicted molar refractivity (Wildman–Crippen MR) is 105 cm³/mol. The van der Waals surface area contributed by atoms with Crippen LogP contribution in [0.3, 0.4) is 0 Å². The second-order valence-corrected chi connectivity index (χ2v) is 6.40. The molecular formula is C22H29N. The molecule has 122 valence electrons. The molecule has 0 radical (unpaired) electrons. The monoisotopic (exact) mass is 307 g/mol. The van der Waals surface area contributed by atoms with Gasteiger partial charge in [0.1, 0.15) is 0 Å². The van der Waals surface area contributed by atoms with Crippen molar-refractivity contribution in [2.45, 2.75) is 20.8 Å². The van der Waals surface area contributed by atoms with Gasteiger partial charge in [0.25, 0.3) is 0 Å². The van der Waals surface area contributed by atoms with E-state index in [1.54, 1.807) is 0 Å². The van der Waals surface area contributed by atoms with E-state index in [0.29, 0.717) is 0 Å². The van der Waals surface area contributed by atoms with Gasteiger partial charge in [0.2, 0.25) is 0 Å². The van der Waals surface area contributed by atoms with Gasteiger partial charge in [-0.15, -0.1) is 0 Å². The standard InChI is InChI=1S/C22H29N/c1-6-11-19-13-8-9-14-20(19)16-18-23-17-10-15-21(12-7-2)22(3,4)5/h6-16,23H,1-2,17-18H2,3-5H3/b15-10-,19-11-,20-16-,21-12+. The lowest BCUT2D eigenvalue weighted by Crippen LogP contribution is -2.26. The lowest BCUT2D eigenvalue weighted by molar-refractivity contribution is 0.517. The highest BCUT2D eigenvalue weighted by molar-refractivity contribution is 5.39. The maximum atomic E-state index is 3.79. The minimum Gasteiger partial charge on any atom is -0.310 e. The zero-order valence-corrected chi connectivity index (χ0v) is 14.7. The van der Waals surface area contributed by atoms with E-state index in [1.165, 1.54) is 16.0 Å². The molecule has 1 aromatic rings. The van der Waals surface area contributed by atoms with Crippen molar-refractivity contribution in [3.63, 3.8) is 0 Å². The number of hydrogen-bond acceptors (Lipinski definition) is 1. The summed E-state index contributed by atoms with van der Waals surface area (Å²) >= 11 is 0. The van der Waals surface area contributed by atoms with Crippen molar-refractivity contribution in [1.29, 1.82) is 0 Å². The summed E-state index contributed by atoms with van der Waals surface area (Å²) in [5.41, 5.74) is 1.42. The van der Waals surface area contributed by atoms with Crippen LogP contribution in [0, 0.1) is 5.41 Å². The topological polar surface area (TPSA) is 12.0 Å². The first kappa shape index (κ1) is 18.9. The minimum absolute atomic E-state index is 0.135. The summed E-state index contributed by atoms with van der Waals surface area (Å²) < 4.78 is 0. The number of allylic oxidation sites excluding steroid dienone is 5. The third-order valence-electron chi connectivity index (χ3n) is 3.48. The molecule has 0 saturated heterocycles. The molecule has 0 atom stereocenters. The molecule has 1 aromatic carbocycles. The highest BCUT2D eigenvalue weighted by atomic mass is 14.8. The van der Waals surface area contributed by atoms with E-state index in [9.17, 15) is 0 Å². The smallest absolute Gasteiger partial charge is 0.0146 e. The van der Waals surface area contributed by atoms with Gasteiger partial charge in [0.05, 0.1) is 0 Å². The fourth-order valence-corrected chi connectivity index (χ4v) is 2.19. The van der Waals surface area contributed by atoms with Gasteiger partial charge in [-0.05, 0) is 21.4 Å².